The predicted molar refractivity (Wildman–Crippen MR) is 83.0 cm³/mol. The summed E-state index contributed by atoms with van der Waals surface area (Å²) in [5.74, 6) is 0.947. The van der Waals surface area contributed by atoms with Gasteiger partial charge in [0.1, 0.15) is 5.75 Å². The van der Waals surface area contributed by atoms with E-state index in [-0.39, 0.29) is 0 Å². The number of benzene rings is 1. The van der Waals surface area contributed by atoms with Crippen LogP contribution in [0.25, 0.3) is 0 Å². The van der Waals surface area contributed by atoms with E-state index in [1.807, 2.05) is 19.1 Å². The first kappa shape index (κ1) is 16.5. The number of methoxy groups -OCH3 is 1. The van der Waals surface area contributed by atoms with E-state index >= 15 is 0 Å². The summed E-state index contributed by atoms with van der Waals surface area (Å²) in [6.45, 7) is 6.70. The molecule has 1 unspecified atom stereocenters. The number of rotatable bonds is 9. The molecule has 1 N–H and O–H groups in total. The third-order valence-electron chi connectivity index (χ3n) is 3.02. The molecule has 19 heavy (non-hydrogen) atoms. The molecule has 108 valence electrons. The second-order valence-corrected chi connectivity index (χ2v) is 5.32. The Balaban J connectivity index is 2.68. The van der Waals surface area contributed by atoms with E-state index in [0.29, 0.717) is 6.04 Å². The van der Waals surface area contributed by atoms with Gasteiger partial charge in [0.05, 0.1) is 7.11 Å². The Morgan fingerprint density at radius 1 is 1.32 bits per heavy atom. The van der Waals surface area contributed by atoms with Gasteiger partial charge in [0.15, 0.2) is 0 Å². The molecule has 1 aromatic carbocycles. The Hall–Kier alpha value is -0.580. The van der Waals surface area contributed by atoms with Crippen molar-refractivity contribution in [2.24, 2.45) is 0 Å². The van der Waals surface area contributed by atoms with E-state index in [1.54, 1.807) is 7.11 Å². The van der Waals surface area contributed by atoms with Gasteiger partial charge in [0.25, 0.3) is 0 Å². The van der Waals surface area contributed by atoms with Crippen molar-refractivity contribution in [2.75, 3.05) is 26.9 Å². The van der Waals surface area contributed by atoms with Gasteiger partial charge in [-0.3, -0.25) is 0 Å². The number of halogens is 1. The zero-order valence-corrected chi connectivity index (χ0v) is 13.6. The van der Waals surface area contributed by atoms with Crippen molar-refractivity contribution in [3.05, 3.63) is 28.2 Å². The average Bonchev–Trinajstić information content (AvgIpc) is 2.39. The molecule has 0 saturated heterocycles. The lowest BCUT2D eigenvalue weighted by Crippen LogP contribution is -2.32. The molecule has 0 fully saturated rings. The molecular weight excluding hydrogens is 306 g/mol. The van der Waals surface area contributed by atoms with Crippen LogP contribution in [0.5, 0.6) is 5.75 Å². The topological polar surface area (TPSA) is 30.5 Å². The van der Waals surface area contributed by atoms with Gasteiger partial charge in [-0.25, -0.2) is 0 Å². The lowest BCUT2D eigenvalue weighted by Gasteiger charge is -2.19. The fourth-order valence-corrected chi connectivity index (χ4v) is 2.52. The highest BCUT2D eigenvalue weighted by Crippen LogP contribution is 2.24. The fourth-order valence-electron chi connectivity index (χ4n) is 2.11. The summed E-state index contributed by atoms with van der Waals surface area (Å²) >= 11 is 3.52. The van der Waals surface area contributed by atoms with Crippen molar-refractivity contribution in [1.82, 2.24) is 5.32 Å². The maximum Gasteiger partial charge on any atom is 0.122 e. The van der Waals surface area contributed by atoms with Crippen LogP contribution >= 0.6 is 15.9 Å². The molecule has 3 nitrogen and oxygen atoms in total. The fraction of sp³-hybridized carbons (Fsp3) is 0.600. The Kier molecular flexibility index (Phi) is 8.10. The molecule has 0 amide bonds. The Morgan fingerprint density at radius 3 is 2.74 bits per heavy atom. The standard InChI is InChI=1S/C15H24BrNO2/c1-4-17-14(8-9-19-5-2)11-12-10-13(16)6-7-15(12)18-3/h6-7,10,14,17H,4-5,8-9,11H2,1-3H3. The molecule has 0 spiro atoms. The van der Waals surface area contributed by atoms with Crippen molar-refractivity contribution >= 4 is 15.9 Å². The first-order valence-electron chi connectivity index (χ1n) is 6.84. The van der Waals surface area contributed by atoms with Crippen molar-refractivity contribution < 1.29 is 9.47 Å². The average molecular weight is 330 g/mol. The monoisotopic (exact) mass is 329 g/mol. The molecule has 1 atom stereocenters. The minimum absolute atomic E-state index is 0.416. The largest absolute Gasteiger partial charge is 0.496 e. The van der Waals surface area contributed by atoms with Crippen LogP contribution in [0.3, 0.4) is 0 Å². The Labute approximate surface area is 124 Å². The van der Waals surface area contributed by atoms with E-state index < -0.39 is 0 Å². The van der Waals surface area contributed by atoms with Gasteiger partial charge in [0, 0.05) is 23.7 Å². The number of likely N-dealkylation sites (N-methyl/N-ethyl adjacent to an activating group) is 1. The first-order chi connectivity index (χ1) is 9.21. The van der Waals surface area contributed by atoms with Crippen molar-refractivity contribution in [3.8, 4) is 5.75 Å². The smallest absolute Gasteiger partial charge is 0.122 e. The molecule has 0 aromatic heterocycles. The molecule has 0 aliphatic carbocycles. The van der Waals surface area contributed by atoms with E-state index in [4.69, 9.17) is 9.47 Å². The van der Waals surface area contributed by atoms with Gasteiger partial charge in [-0.15, -0.1) is 0 Å². The second-order valence-electron chi connectivity index (χ2n) is 4.40. The Morgan fingerprint density at radius 2 is 2.11 bits per heavy atom. The van der Waals surface area contributed by atoms with Crippen LogP contribution < -0.4 is 10.1 Å². The summed E-state index contributed by atoms with van der Waals surface area (Å²) < 4.78 is 12.0. The second kappa shape index (κ2) is 9.34. The summed E-state index contributed by atoms with van der Waals surface area (Å²) in [6, 6.07) is 6.55. The first-order valence-corrected chi connectivity index (χ1v) is 7.64. The minimum atomic E-state index is 0.416. The van der Waals surface area contributed by atoms with E-state index in [1.165, 1.54) is 5.56 Å². The summed E-state index contributed by atoms with van der Waals surface area (Å²) in [5.41, 5.74) is 1.22. The van der Waals surface area contributed by atoms with Crippen LogP contribution in [0.1, 0.15) is 25.8 Å². The molecule has 0 radical (unpaired) electrons. The van der Waals surface area contributed by atoms with E-state index in [2.05, 4.69) is 34.2 Å². The molecule has 1 rings (SSSR count). The summed E-state index contributed by atoms with van der Waals surface area (Å²) in [6.07, 6.45) is 1.96. The maximum atomic E-state index is 5.45. The normalized spacial score (nSPS) is 12.4. The van der Waals surface area contributed by atoms with E-state index in [0.717, 1.165) is 42.8 Å². The van der Waals surface area contributed by atoms with Crippen LogP contribution in [-0.2, 0) is 11.2 Å². The SMILES string of the molecule is CCNC(CCOCC)Cc1cc(Br)ccc1OC. The lowest BCUT2D eigenvalue weighted by atomic mass is 10.0. The maximum absolute atomic E-state index is 5.45. The number of hydrogen-bond acceptors (Lipinski definition) is 3. The van der Waals surface area contributed by atoms with Crippen LogP contribution in [0.15, 0.2) is 22.7 Å². The molecule has 0 bridgehead atoms. The summed E-state index contributed by atoms with van der Waals surface area (Å²) in [4.78, 5) is 0. The lowest BCUT2D eigenvalue weighted by molar-refractivity contribution is 0.136. The zero-order valence-electron chi connectivity index (χ0n) is 12.0. The molecule has 4 heteroatoms. The highest BCUT2D eigenvalue weighted by atomic mass is 79.9. The third kappa shape index (κ3) is 5.93. The van der Waals surface area contributed by atoms with Gasteiger partial charge in [-0.1, -0.05) is 22.9 Å². The van der Waals surface area contributed by atoms with Crippen molar-refractivity contribution in [1.29, 1.82) is 0 Å². The Bertz CT molecular complexity index is 371. The van der Waals surface area contributed by atoms with Gasteiger partial charge < -0.3 is 14.8 Å². The van der Waals surface area contributed by atoms with Crippen LogP contribution in [0.4, 0.5) is 0 Å². The van der Waals surface area contributed by atoms with Crippen molar-refractivity contribution in [3.63, 3.8) is 0 Å². The van der Waals surface area contributed by atoms with Gasteiger partial charge in [-0.05, 0) is 50.1 Å². The summed E-state index contributed by atoms with van der Waals surface area (Å²) in [5, 5.41) is 3.51. The third-order valence-corrected chi connectivity index (χ3v) is 3.51. The highest BCUT2D eigenvalue weighted by molar-refractivity contribution is 9.10. The molecule has 0 aliphatic heterocycles. The molecule has 0 saturated carbocycles. The van der Waals surface area contributed by atoms with Crippen LogP contribution in [-0.4, -0.2) is 32.9 Å². The minimum Gasteiger partial charge on any atom is -0.496 e. The molecule has 0 heterocycles. The molecular formula is C15H24BrNO2. The van der Waals surface area contributed by atoms with E-state index in [9.17, 15) is 0 Å². The highest BCUT2D eigenvalue weighted by Gasteiger charge is 2.12. The molecule has 0 aliphatic rings. The van der Waals surface area contributed by atoms with Crippen LogP contribution in [0.2, 0.25) is 0 Å². The summed E-state index contributed by atoms with van der Waals surface area (Å²) in [7, 11) is 1.72. The zero-order chi connectivity index (χ0) is 14.1. The number of nitrogens with one attached hydrogen (secondary N) is 1. The quantitative estimate of drug-likeness (QED) is 0.704. The van der Waals surface area contributed by atoms with Gasteiger partial charge in [-0.2, -0.15) is 0 Å². The van der Waals surface area contributed by atoms with Gasteiger partial charge in [0.2, 0.25) is 0 Å². The van der Waals surface area contributed by atoms with Gasteiger partial charge >= 0.3 is 0 Å². The van der Waals surface area contributed by atoms with Crippen LogP contribution in [0, 0.1) is 0 Å². The predicted octanol–water partition coefficient (Wildman–Crippen LogP) is 3.40. The number of ether oxygens (including phenoxy) is 2. The molecule has 1 aromatic rings. The van der Waals surface area contributed by atoms with Crippen molar-refractivity contribution in [2.45, 2.75) is 32.7 Å². The number of hydrogen-bond donors (Lipinski definition) is 1.